The Morgan fingerprint density at radius 2 is 2.10 bits per heavy atom. The van der Waals surface area contributed by atoms with E-state index in [4.69, 9.17) is 4.74 Å². The van der Waals surface area contributed by atoms with Crippen LogP contribution < -0.4 is 5.32 Å². The number of rotatable bonds is 2. The molecule has 1 N–H and O–H groups in total. The molecule has 0 aromatic heterocycles. The number of carbonyl (C=O) groups is 1. The van der Waals surface area contributed by atoms with Crippen molar-refractivity contribution in [3.63, 3.8) is 0 Å². The van der Waals surface area contributed by atoms with Gasteiger partial charge >= 0.3 is 12.1 Å². The van der Waals surface area contributed by atoms with Crippen molar-refractivity contribution in [2.45, 2.75) is 32.0 Å². The summed E-state index contributed by atoms with van der Waals surface area (Å²) in [5.74, 6) is -0.464. The molecule has 3 nitrogen and oxygen atoms in total. The SMILES string of the molecule is COC(=O)C1CCNC(c2ccc(C(F)(F)F)cc2C)C1. The van der Waals surface area contributed by atoms with Crippen LogP contribution in [0.3, 0.4) is 0 Å². The Kier molecular flexibility index (Phi) is 4.56. The average molecular weight is 301 g/mol. The highest BCUT2D eigenvalue weighted by Crippen LogP contribution is 2.34. The van der Waals surface area contributed by atoms with Crippen molar-refractivity contribution in [1.29, 1.82) is 0 Å². The molecular weight excluding hydrogens is 283 g/mol. The van der Waals surface area contributed by atoms with Crippen LogP contribution in [0.1, 0.15) is 35.6 Å². The predicted octanol–water partition coefficient (Wildman–Crippen LogP) is 3.23. The molecule has 0 amide bonds. The summed E-state index contributed by atoms with van der Waals surface area (Å²) in [6.45, 7) is 2.30. The molecule has 0 saturated carbocycles. The molecule has 2 unspecified atom stereocenters. The van der Waals surface area contributed by atoms with Crippen LogP contribution in [0.4, 0.5) is 13.2 Å². The summed E-state index contributed by atoms with van der Waals surface area (Å²) in [6.07, 6.45) is -3.11. The first kappa shape index (κ1) is 15.8. The molecule has 1 aromatic rings. The van der Waals surface area contributed by atoms with Crippen LogP contribution in [0.15, 0.2) is 18.2 Å². The fourth-order valence-electron chi connectivity index (χ4n) is 2.78. The molecule has 2 atom stereocenters. The van der Waals surface area contributed by atoms with Crippen LogP contribution >= 0.6 is 0 Å². The molecule has 1 heterocycles. The molecule has 6 heteroatoms. The number of esters is 1. The average Bonchev–Trinajstić information content (AvgIpc) is 2.45. The highest BCUT2D eigenvalue weighted by Gasteiger charge is 2.32. The smallest absolute Gasteiger partial charge is 0.416 e. The first-order valence-corrected chi connectivity index (χ1v) is 6.82. The van der Waals surface area contributed by atoms with Crippen molar-refractivity contribution in [2.75, 3.05) is 13.7 Å². The van der Waals surface area contributed by atoms with Gasteiger partial charge in [0.25, 0.3) is 0 Å². The van der Waals surface area contributed by atoms with Crippen LogP contribution in [0.2, 0.25) is 0 Å². The third-order valence-electron chi connectivity index (χ3n) is 3.91. The van der Waals surface area contributed by atoms with E-state index >= 15 is 0 Å². The lowest BCUT2D eigenvalue weighted by Crippen LogP contribution is -2.35. The number of piperidine rings is 1. The molecular formula is C15H18F3NO2. The maximum Gasteiger partial charge on any atom is 0.416 e. The largest absolute Gasteiger partial charge is 0.469 e. The van der Waals surface area contributed by atoms with Gasteiger partial charge in [0.2, 0.25) is 0 Å². The summed E-state index contributed by atoms with van der Waals surface area (Å²) < 4.78 is 42.8. The zero-order valence-electron chi connectivity index (χ0n) is 12.0. The van der Waals surface area contributed by atoms with Crippen LogP contribution in [0.25, 0.3) is 0 Å². The Morgan fingerprint density at radius 1 is 1.38 bits per heavy atom. The summed E-state index contributed by atoms with van der Waals surface area (Å²) in [5, 5.41) is 3.25. The standard InChI is InChI=1S/C15H18F3NO2/c1-9-7-11(15(16,17)18)3-4-12(9)13-8-10(5-6-19-13)14(20)21-2/h3-4,7,10,13,19H,5-6,8H2,1-2H3. The van der Waals surface area contributed by atoms with Gasteiger partial charge in [0.05, 0.1) is 18.6 Å². The molecule has 1 saturated heterocycles. The van der Waals surface area contributed by atoms with E-state index in [2.05, 4.69) is 5.32 Å². The van der Waals surface area contributed by atoms with Crippen LogP contribution in [-0.4, -0.2) is 19.6 Å². The van der Waals surface area contributed by atoms with Crippen molar-refractivity contribution < 1.29 is 22.7 Å². The number of ether oxygens (including phenoxy) is 1. The highest BCUT2D eigenvalue weighted by atomic mass is 19.4. The quantitative estimate of drug-likeness (QED) is 0.852. The molecule has 0 bridgehead atoms. The van der Waals surface area contributed by atoms with Gasteiger partial charge in [0.1, 0.15) is 0 Å². The van der Waals surface area contributed by atoms with E-state index in [-0.39, 0.29) is 17.9 Å². The minimum atomic E-state index is -4.34. The molecule has 1 aromatic carbocycles. The monoisotopic (exact) mass is 301 g/mol. The molecule has 116 valence electrons. The number of benzene rings is 1. The number of alkyl halides is 3. The molecule has 21 heavy (non-hydrogen) atoms. The normalized spacial score (nSPS) is 22.9. The second-order valence-electron chi connectivity index (χ2n) is 5.32. The lowest BCUT2D eigenvalue weighted by atomic mass is 9.86. The zero-order chi connectivity index (χ0) is 15.6. The Morgan fingerprint density at radius 3 is 2.67 bits per heavy atom. The molecule has 0 spiro atoms. The molecule has 1 aliphatic rings. The van der Waals surface area contributed by atoms with E-state index in [9.17, 15) is 18.0 Å². The number of carbonyl (C=O) groups excluding carboxylic acids is 1. The summed E-state index contributed by atoms with van der Waals surface area (Å²) in [6, 6.07) is 3.62. The molecule has 0 aliphatic carbocycles. The van der Waals surface area contributed by atoms with Crippen molar-refractivity contribution in [3.05, 3.63) is 34.9 Å². The maximum absolute atomic E-state index is 12.7. The van der Waals surface area contributed by atoms with E-state index in [1.165, 1.54) is 13.2 Å². The van der Waals surface area contributed by atoms with E-state index in [1.807, 2.05) is 0 Å². The molecule has 1 fully saturated rings. The first-order chi connectivity index (χ1) is 9.82. The zero-order valence-corrected chi connectivity index (χ0v) is 12.0. The molecule has 1 aliphatic heterocycles. The van der Waals surface area contributed by atoms with E-state index in [0.717, 1.165) is 17.7 Å². The number of halogens is 3. The molecule has 0 radical (unpaired) electrons. The lowest BCUT2D eigenvalue weighted by molar-refractivity contribution is -0.146. The first-order valence-electron chi connectivity index (χ1n) is 6.82. The Balaban J connectivity index is 2.20. The van der Waals surface area contributed by atoms with E-state index < -0.39 is 11.7 Å². The van der Waals surface area contributed by atoms with Gasteiger partial charge in [-0.05, 0) is 49.6 Å². The summed E-state index contributed by atoms with van der Waals surface area (Å²) in [5.41, 5.74) is 0.730. The Hall–Kier alpha value is -1.56. The van der Waals surface area contributed by atoms with Crippen LogP contribution in [0, 0.1) is 12.8 Å². The predicted molar refractivity (Wildman–Crippen MR) is 71.7 cm³/mol. The summed E-state index contributed by atoms with van der Waals surface area (Å²) in [7, 11) is 1.35. The highest BCUT2D eigenvalue weighted by molar-refractivity contribution is 5.72. The minimum Gasteiger partial charge on any atom is -0.469 e. The third-order valence-corrected chi connectivity index (χ3v) is 3.91. The van der Waals surface area contributed by atoms with E-state index in [1.54, 1.807) is 6.92 Å². The van der Waals surface area contributed by atoms with Crippen molar-refractivity contribution in [1.82, 2.24) is 5.32 Å². The fourth-order valence-corrected chi connectivity index (χ4v) is 2.78. The lowest BCUT2D eigenvalue weighted by Gasteiger charge is -2.30. The second kappa shape index (κ2) is 6.05. The molecule has 2 rings (SSSR count). The number of methoxy groups -OCH3 is 1. The van der Waals surface area contributed by atoms with Gasteiger partial charge in [0, 0.05) is 6.04 Å². The van der Waals surface area contributed by atoms with Gasteiger partial charge < -0.3 is 10.1 Å². The topological polar surface area (TPSA) is 38.3 Å². The number of aryl methyl sites for hydroxylation is 1. The summed E-state index contributed by atoms with van der Waals surface area (Å²) >= 11 is 0. The van der Waals surface area contributed by atoms with Crippen molar-refractivity contribution in [2.24, 2.45) is 5.92 Å². The number of hydrogen-bond donors (Lipinski definition) is 1. The van der Waals surface area contributed by atoms with Gasteiger partial charge in [0.15, 0.2) is 0 Å². The van der Waals surface area contributed by atoms with Gasteiger partial charge in [-0.1, -0.05) is 6.07 Å². The van der Waals surface area contributed by atoms with Crippen LogP contribution in [0.5, 0.6) is 0 Å². The second-order valence-corrected chi connectivity index (χ2v) is 5.32. The number of hydrogen-bond acceptors (Lipinski definition) is 3. The van der Waals surface area contributed by atoms with Gasteiger partial charge in [-0.15, -0.1) is 0 Å². The fraction of sp³-hybridized carbons (Fsp3) is 0.533. The van der Waals surface area contributed by atoms with Crippen molar-refractivity contribution in [3.8, 4) is 0 Å². The number of nitrogens with one attached hydrogen (secondary N) is 1. The van der Waals surface area contributed by atoms with Crippen LogP contribution in [-0.2, 0) is 15.7 Å². The minimum absolute atomic E-state index is 0.120. The Bertz CT molecular complexity index is 528. The summed E-state index contributed by atoms with van der Waals surface area (Å²) in [4.78, 5) is 11.6. The van der Waals surface area contributed by atoms with Gasteiger partial charge in [-0.25, -0.2) is 0 Å². The Labute approximate surface area is 121 Å². The third kappa shape index (κ3) is 3.56. The van der Waals surface area contributed by atoms with Crippen molar-refractivity contribution >= 4 is 5.97 Å². The van der Waals surface area contributed by atoms with E-state index in [0.29, 0.717) is 24.9 Å². The maximum atomic E-state index is 12.7. The van der Waals surface area contributed by atoms with Gasteiger partial charge in [-0.3, -0.25) is 4.79 Å². The van der Waals surface area contributed by atoms with Gasteiger partial charge in [-0.2, -0.15) is 13.2 Å².